The summed E-state index contributed by atoms with van der Waals surface area (Å²) in [7, 11) is 0. The van der Waals surface area contributed by atoms with Gasteiger partial charge >= 0.3 is 6.18 Å². The Morgan fingerprint density at radius 1 is 1.22 bits per heavy atom. The molecule has 2 N–H and O–H groups in total. The number of nitrogens with one attached hydrogen (secondary N) is 1. The van der Waals surface area contributed by atoms with Crippen molar-refractivity contribution in [1.82, 2.24) is 0 Å². The minimum absolute atomic E-state index is 0.0781. The number of rotatable bonds is 5. The molecule has 0 fully saturated rings. The molecule has 0 unspecified atom stereocenters. The van der Waals surface area contributed by atoms with Gasteiger partial charge in [-0.1, -0.05) is 12.1 Å². The van der Waals surface area contributed by atoms with Crippen LogP contribution in [0, 0.1) is 0 Å². The molecule has 0 saturated carbocycles. The fourth-order valence-corrected chi connectivity index (χ4v) is 1.89. The van der Waals surface area contributed by atoms with Gasteiger partial charge in [0.15, 0.2) is 0 Å². The lowest BCUT2D eigenvalue weighted by molar-refractivity contribution is -0.136. The summed E-state index contributed by atoms with van der Waals surface area (Å²) < 4.78 is 43.7. The molecule has 0 aliphatic carbocycles. The molecule has 2 aromatic rings. The third-order valence-electron chi connectivity index (χ3n) is 2.93. The number of ether oxygens (including phenoxy) is 1. The summed E-state index contributed by atoms with van der Waals surface area (Å²) in [4.78, 5) is 0. The number of hydrogen-bond acceptors (Lipinski definition) is 4. The van der Waals surface area contributed by atoms with Crippen molar-refractivity contribution in [3.63, 3.8) is 0 Å². The lowest BCUT2D eigenvalue weighted by atomic mass is 10.2. The molecule has 0 atom stereocenters. The summed E-state index contributed by atoms with van der Waals surface area (Å²) in [5, 5.41) is 13.6. The number of hydrogen-bond donors (Lipinski definition) is 2. The van der Waals surface area contributed by atoms with Crippen LogP contribution in [-0.2, 0) is 6.18 Å². The normalized spacial score (nSPS) is 11.7. The van der Waals surface area contributed by atoms with E-state index in [1.54, 1.807) is 12.1 Å². The average Bonchev–Trinajstić information content (AvgIpc) is 2.49. The maximum atomic E-state index is 12.8. The summed E-state index contributed by atoms with van der Waals surface area (Å²) in [6.07, 6.45) is -3.24. The molecule has 4 nitrogen and oxygen atoms in total. The van der Waals surface area contributed by atoms with Crippen molar-refractivity contribution in [3.8, 4) is 11.5 Å². The predicted molar refractivity (Wildman–Crippen MR) is 81.9 cm³/mol. The van der Waals surface area contributed by atoms with Gasteiger partial charge in [0.1, 0.15) is 11.5 Å². The van der Waals surface area contributed by atoms with Gasteiger partial charge in [-0.05, 0) is 31.2 Å². The van der Waals surface area contributed by atoms with E-state index in [1.165, 1.54) is 30.5 Å². The van der Waals surface area contributed by atoms with Crippen molar-refractivity contribution in [2.75, 3.05) is 12.0 Å². The summed E-state index contributed by atoms with van der Waals surface area (Å²) in [6.45, 7) is 2.27. The van der Waals surface area contributed by atoms with Gasteiger partial charge in [-0.3, -0.25) is 5.43 Å². The molecule has 0 aromatic heterocycles. The van der Waals surface area contributed by atoms with Crippen LogP contribution in [0.3, 0.4) is 0 Å². The van der Waals surface area contributed by atoms with E-state index in [-0.39, 0.29) is 11.4 Å². The first kappa shape index (κ1) is 16.7. The van der Waals surface area contributed by atoms with Gasteiger partial charge in [0.25, 0.3) is 0 Å². The monoisotopic (exact) mass is 324 g/mol. The average molecular weight is 324 g/mol. The largest absolute Gasteiger partial charge is 0.507 e. The molecule has 0 bridgehead atoms. The van der Waals surface area contributed by atoms with E-state index in [1.807, 2.05) is 6.92 Å². The fraction of sp³-hybridized carbons (Fsp3) is 0.188. The van der Waals surface area contributed by atoms with Crippen LogP contribution in [0.25, 0.3) is 0 Å². The van der Waals surface area contributed by atoms with Crippen molar-refractivity contribution >= 4 is 11.9 Å². The van der Waals surface area contributed by atoms with Gasteiger partial charge in [0, 0.05) is 11.6 Å². The quantitative estimate of drug-likeness (QED) is 0.638. The first-order valence-corrected chi connectivity index (χ1v) is 6.83. The molecule has 0 aliphatic rings. The second-order valence-corrected chi connectivity index (χ2v) is 4.57. The number of nitrogens with zero attached hydrogens (tertiary/aromatic N) is 1. The Morgan fingerprint density at radius 3 is 2.61 bits per heavy atom. The number of aromatic hydroxyl groups is 1. The van der Waals surface area contributed by atoms with E-state index in [2.05, 4.69) is 10.5 Å². The zero-order valence-corrected chi connectivity index (χ0v) is 12.3. The smallest absolute Gasteiger partial charge is 0.418 e. The second-order valence-electron chi connectivity index (χ2n) is 4.57. The van der Waals surface area contributed by atoms with E-state index in [0.717, 1.165) is 6.07 Å². The van der Waals surface area contributed by atoms with Crippen LogP contribution in [-0.4, -0.2) is 17.9 Å². The molecule has 7 heteroatoms. The Morgan fingerprint density at radius 2 is 1.96 bits per heavy atom. The third kappa shape index (κ3) is 4.38. The zero-order chi connectivity index (χ0) is 16.9. The molecule has 0 spiro atoms. The van der Waals surface area contributed by atoms with E-state index in [9.17, 15) is 18.3 Å². The van der Waals surface area contributed by atoms with Crippen molar-refractivity contribution in [2.45, 2.75) is 13.1 Å². The number of phenolic OH excluding ortho intramolecular Hbond substituents is 1. The standard InChI is InChI=1S/C16H15F3N2O2/c1-2-23-12-8-7-11(15(22)9-12)10-20-21-14-6-4-3-5-13(14)16(17,18)19/h3-10,21-22H,2H2,1H3. The molecule has 2 aromatic carbocycles. The van der Waals surface area contributed by atoms with E-state index >= 15 is 0 Å². The van der Waals surface area contributed by atoms with E-state index in [4.69, 9.17) is 4.74 Å². The van der Waals surface area contributed by atoms with Crippen LogP contribution in [0.1, 0.15) is 18.1 Å². The molecular formula is C16H15F3N2O2. The Balaban J connectivity index is 2.14. The van der Waals surface area contributed by atoms with Crippen LogP contribution in [0.4, 0.5) is 18.9 Å². The first-order valence-electron chi connectivity index (χ1n) is 6.83. The Labute approximate surface area is 131 Å². The number of anilines is 1. The minimum Gasteiger partial charge on any atom is -0.507 e. The maximum Gasteiger partial charge on any atom is 0.418 e. The van der Waals surface area contributed by atoms with Gasteiger partial charge in [-0.15, -0.1) is 0 Å². The second kappa shape index (κ2) is 7.04. The number of hydrazone groups is 1. The number of benzene rings is 2. The lowest BCUT2D eigenvalue weighted by Gasteiger charge is -2.11. The van der Waals surface area contributed by atoms with Crippen LogP contribution in [0.2, 0.25) is 0 Å². The highest BCUT2D eigenvalue weighted by atomic mass is 19.4. The van der Waals surface area contributed by atoms with Crippen LogP contribution in [0.15, 0.2) is 47.6 Å². The highest BCUT2D eigenvalue weighted by Gasteiger charge is 2.33. The number of para-hydroxylation sites is 1. The summed E-state index contributed by atoms with van der Waals surface area (Å²) in [6, 6.07) is 9.62. The Kier molecular flexibility index (Phi) is 5.10. The van der Waals surface area contributed by atoms with Crippen LogP contribution >= 0.6 is 0 Å². The topological polar surface area (TPSA) is 53.8 Å². The molecule has 122 valence electrons. The van der Waals surface area contributed by atoms with Crippen molar-refractivity contribution in [1.29, 1.82) is 0 Å². The van der Waals surface area contributed by atoms with Crippen molar-refractivity contribution in [2.24, 2.45) is 5.10 Å². The van der Waals surface area contributed by atoms with Crippen molar-refractivity contribution in [3.05, 3.63) is 53.6 Å². The van der Waals surface area contributed by atoms with Gasteiger partial charge < -0.3 is 9.84 Å². The van der Waals surface area contributed by atoms with E-state index < -0.39 is 11.7 Å². The van der Waals surface area contributed by atoms with Crippen LogP contribution < -0.4 is 10.2 Å². The highest BCUT2D eigenvalue weighted by molar-refractivity contribution is 5.84. The molecular weight excluding hydrogens is 309 g/mol. The van der Waals surface area contributed by atoms with Crippen LogP contribution in [0.5, 0.6) is 11.5 Å². The molecule has 2 rings (SSSR count). The highest BCUT2D eigenvalue weighted by Crippen LogP contribution is 2.34. The van der Waals surface area contributed by atoms with Gasteiger partial charge in [0.2, 0.25) is 0 Å². The van der Waals surface area contributed by atoms with Gasteiger partial charge in [-0.25, -0.2) is 0 Å². The third-order valence-corrected chi connectivity index (χ3v) is 2.93. The van der Waals surface area contributed by atoms with E-state index in [0.29, 0.717) is 17.9 Å². The first-order chi connectivity index (χ1) is 10.9. The van der Waals surface area contributed by atoms with Gasteiger partial charge in [-0.2, -0.15) is 18.3 Å². The Hall–Kier alpha value is -2.70. The summed E-state index contributed by atoms with van der Waals surface area (Å²) in [5.74, 6) is 0.420. The zero-order valence-electron chi connectivity index (χ0n) is 12.3. The number of phenols is 1. The SMILES string of the molecule is CCOc1ccc(C=NNc2ccccc2C(F)(F)F)c(O)c1. The molecule has 0 radical (unpaired) electrons. The fourth-order valence-electron chi connectivity index (χ4n) is 1.89. The Bertz CT molecular complexity index is 700. The minimum atomic E-state index is -4.47. The molecule has 0 aliphatic heterocycles. The summed E-state index contributed by atoms with van der Waals surface area (Å²) >= 11 is 0. The molecule has 0 amide bonds. The maximum absolute atomic E-state index is 12.8. The number of halogens is 3. The van der Waals surface area contributed by atoms with Gasteiger partial charge in [0.05, 0.1) is 24.1 Å². The number of alkyl halides is 3. The summed E-state index contributed by atoms with van der Waals surface area (Å²) in [5.41, 5.74) is 1.72. The molecule has 0 saturated heterocycles. The molecule has 23 heavy (non-hydrogen) atoms. The molecule has 0 heterocycles. The predicted octanol–water partition coefficient (Wildman–Crippen LogP) is 4.26. The van der Waals surface area contributed by atoms with Crippen molar-refractivity contribution < 1.29 is 23.0 Å². The lowest BCUT2D eigenvalue weighted by Crippen LogP contribution is -2.08.